The average Bonchev–Trinajstić information content (AvgIpc) is 2.39. The quantitative estimate of drug-likeness (QED) is 0.845. The normalized spacial score (nSPS) is 23.3. The van der Waals surface area contributed by atoms with E-state index in [1.54, 1.807) is 13.2 Å². The Kier molecular flexibility index (Phi) is 5.73. The Bertz CT molecular complexity index is 419. The molecular formula is C13H20ClN3OS. The van der Waals surface area contributed by atoms with Gasteiger partial charge in [-0.15, -0.1) is 0 Å². The minimum absolute atomic E-state index is 0.381. The van der Waals surface area contributed by atoms with Crippen LogP contribution in [0.3, 0.4) is 0 Å². The van der Waals surface area contributed by atoms with Gasteiger partial charge >= 0.3 is 0 Å². The molecule has 1 aliphatic carbocycles. The van der Waals surface area contributed by atoms with Crippen LogP contribution >= 0.6 is 23.4 Å². The number of nitrogens with one attached hydrogen (secondary N) is 1. The van der Waals surface area contributed by atoms with Crippen LogP contribution in [-0.2, 0) is 11.3 Å². The second-order valence-corrected chi connectivity index (χ2v) is 6.20. The van der Waals surface area contributed by atoms with E-state index in [-0.39, 0.29) is 0 Å². The highest BCUT2D eigenvalue weighted by atomic mass is 35.5. The molecule has 2 atom stereocenters. The Balaban J connectivity index is 2.08. The number of hydrogen-bond donors (Lipinski definition) is 1. The molecule has 2 unspecified atom stereocenters. The number of ether oxygens (including phenoxy) is 1. The fourth-order valence-electron chi connectivity index (χ4n) is 2.47. The molecule has 106 valence electrons. The zero-order chi connectivity index (χ0) is 13.7. The maximum atomic E-state index is 6.02. The number of thioether (sulfide) groups is 1. The van der Waals surface area contributed by atoms with Crippen molar-refractivity contribution in [1.82, 2.24) is 9.97 Å². The van der Waals surface area contributed by atoms with Crippen molar-refractivity contribution < 1.29 is 4.74 Å². The van der Waals surface area contributed by atoms with Gasteiger partial charge in [0.1, 0.15) is 17.6 Å². The van der Waals surface area contributed by atoms with Crippen molar-refractivity contribution >= 4 is 29.2 Å². The first-order chi connectivity index (χ1) is 9.22. The highest BCUT2D eigenvalue weighted by Crippen LogP contribution is 2.29. The molecule has 1 aromatic rings. The zero-order valence-corrected chi connectivity index (χ0v) is 12.9. The lowest BCUT2D eigenvalue weighted by atomic mass is 9.95. The first kappa shape index (κ1) is 14.9. The predicted octanol–water partition coefficient (Wildman–Crippen LogP) is 3.36. The SMILES string of the molecule is COCc1nc(Cl)cc(NC2CCCCC2SC)n1. The van der Waals surface area contributed by atoms with Crippen molar-refractivity contribution in [2.24, 2.45) is 0 Å². The van der Waals surface area contributed by atoms with Gasteiger partial charge in [0, 0.05) is 24.5 Å². The smallest absolute Gasteiger partial charge is 0.158 e. The van der Waals surface area contributed by atoms with Crippen LogP contribution in [0, 0.1) is 0 Å². The molecule has 19 heavy (non-hydrogen) atoms. The first-order valence-corrected chi connectivity index (χ1v) is 8.21. The van der Waals surface area contributed by atoms with Crippen LogP contribution in [0.1, 0.15) is 31.5 Å². The summed E-state index contributed by atoms with van der Waals surface area (Å²) in [5, 5.41) is 4.62. The number of nitrogens with zero attached hydrogens (tertiary/aromatic N) is 2. The molecule has 1 heterocycles. The maximum absolute atomic E-state index is 6.02. The Morgan fingerprint density at radius 3 is 2.95 bits per heavy atom. The second-order valence-electron chi connectivity index (χ2n) is 4.73. The van der Waals surface area contributed by atoms with E-state index in [9.17, 15) is 0 Å². The fourth-order valence-corrected chi connectivity index (χ4v) is 3.60. The van der Waals surface area contributed by atoms with E-state index in [2.05, 4.69) is 21.5 Å². The minimum atomic E-state index is 0.381. The summed E-state index contributed by atoms with van der Waals surface area (Å²) in [5.74, 6) is 1.42. The molecule has 6 heteroatoms. The van der Waals surface area contributed by atoms with Gasteiger partial charge in [0.05, 0.1) is 0 Å². The van der Waals surface area contributed by atoms with Crippen molar-refractivity contribution in [3.8, 4) is 0 Å². The molecule has 2 rings (SSSR count). The number of hydrogen-bond acceptors (Lipinski definition) is 5. The average molecular weight is 302 g/mol. The van der Waals surface area contributed by atoms with E-state index in [1.165, 1.54) is 25.7 Å². The summed E-state index contributed by atoms with van der Waals surface area (Å²) in [4.78, 5) is 8.59. The molecule has 1 aliphatic rings. The van der Waals surface area contributed by atoms with Gasteiger partial charge in [0.25, 0.3) is 0 Å². The molecule has 1 N–H and O–H groups in total. The van der Waals surface area contributed by atoms with Gasteiger partial charge in [0.15, 0.2) is 5.82 Å². The van der Waals surface area contributed by atoms with Crippen LogP contribution < -0.4 is 5.32 Å². The van der Waals surface area contributed by atoms with E-state index >= 15 is 0 Å². The van der Waals surface area contributed by atoms with Crippen molar-refractivity contribution in [2.75, 3.05) is 18.7 Å². The molecule has 1 aromatic heterocycles. The topological polar surface area (TPSA) is 47.0 Å². The first-order valence-electron chi connectivity index (χ1n) is 6.54. The van der Waals surface area contributed by atoms with Crippen LogP contribution in [-0.4, -0.2) is 34.6 Å². The Labute approximate surface area is 123 Å². The minimum Gasteiger partial charge on any atom is -0.377 e. The molecule has 0 aliphatic heterocycles. The Morgan fingerprint density at radius 2 is 2.21 bits per heavy atom. The fraction of sp³-hybridized carbons (Fsp3) is 0.692. The molecule has 0 radical (unpaired) electrons. The van der Waals surface area contributed by atoms with Gasteiger partial charge in [-0.25, -0.2) is 9.97 Å². The van der Waals surface area contributed by atoms with Gasteiger partial charge in [-0.3, -0.25) is 0 Å². The third kappa shape index (κ3) is 4.23. The molecule has 0 aromatic carbocycles. The molecule has 0 amide bonds. The summed E-state index contributed by atoms with van der Waals surface area (Å²) in [7, 11) is 1.63. The number of methoxy groups -OCH3 is 1. The molecular weight excluding hydrogens is 282 g/mol. The lowest BCUT2D eigenvalue weighted by Crippen LogP contribution is -2.34. The number of anilines is 1. The van der Waals surface area contributed by atoms with Crippen LogP contribution in [0.2, 0.25) is 5.15 Å². The van der Waals surface area contributed by atoms with Gasteiger partial charge in [-0.05, 0) is 19.1 Å². The summed E-state index contributed by atoms with van der Waals surface area (Å²) in [6, 6.07) is 2.25. The van der Waals surface area contributed by atoms with Crippen molar-refractivity contribution in [3.63, 3.8) is 0 Å². The molecule has 0 spiro atoms. The Morgan fingerprint density at radius 1 is 1.42 bits per heavy atom. The van der Waals surface area contributed by atoms with Crippen molar-refractivity contribution in [2.45, 2.75) is 43.6 Å². The highest BCUT2D eigenvalue weighted by Gasteiger charge is 2.24. The van der Waals surface area contributed by atoms with Crippen LogP contribution in [0.25, 0.3) is 0 Å². The second kappa shape index (κ2) is 7.31. The lowest BCUT2D eigenvalue weighted by Gasteiger charge is -2.31. The summed E-state index contributed by atoms with van der Waals surface area (Å²) in [6.45, 7) is 0.381. The molecule has 1 saturated carbocycles. The largest absolute Gasteiger partial charge is 0.377 e. The molecule has 4 nitrogen and oxygen atoms in total. The third-order valence-electron chi connectivity index (χ3n) is 3.35. The van der Waals surface area contributed by atoms with Gasteiger partial charge in [-0.2, -0.15) is 11.8 Å². The van der Waals surface area contributed by atoms with Gasteiger partial charge in [-0.1, -0.05) is 24.4 Å². The standard InChI is InChI=1S/C13H20ClN3OS/c1-18-8-13-16-11(14)7-12(17-13)15-9-5-3-4-6-10(9)19-2/h7,9-10H,3-6,8H2,1-2H3,(H,15,16,17). The lowest BCUT2D eigenvalue weighted by molar-refractivity contribution is 0.178. The van der Waals surface area contributed by atoms with Crippen LogP contribution in [0.5, 0.6) is 0 Å². The highest BCUT2D eigenvalue weighted by molar-refractivity contribution is 7.99. The third-order valence-corrected chi connectivity index (χ3v) is 4.72. The number of halogens is 1. The van der Waals surface area contributed by atoms with Gasteiger partial charge in [0.2, 0.25) is 0 Å². The number of rotatable bonds is 5. The summed E-state index contributed by atoms with van der Waals surface area (Å²) >= 11 is 7.95. The Hall–Kier alpha value is -0.520. The summed E-state index contributed by atoms with van der Waals surface area (Å²) in [5.41, 5.74) is 0. The maximum Gasteiger partial charge on any atom is 0.158 e. The van der Waals surface area contributed by atoms with Crippen LogP contribution in [0.4, 0.5) is 5.82 Å². The van der Waals surface area contributed by atoms with E-state index in [0.717, 1.165) is 5.82 Å². The summed E-state index contributed by atoms with van der Waals surface area (Å²) < 4.78 is 5.05. The van der Waals surface area contributed by atoms with Crippen molar-refractivity contribution in [1.29, 1.82) is 0 Å². The zero-order valence-electron chi connectivity index (χ0n) is 11.4. The summed E-state index contributed by atoms with van der Waals surface area (Å²) in [6.07, 6.45) is 7.23. The molecule has 0 bridgehead atoms. The van der Waals surface area contributed by atoms with Crippen LogP contribution in [0.15, 0.2) is 6.07 Å². The van der Waals surface area contributed by atoms with Gasteiger partial charge < -0.3 is 10.1 Å². The van der Waals surface area contributed by atoms with E-state index in [0.29, 0.717) is 28.9 Å². The monoisotopic (exact) mass is 301 g/mol. The van der Waals surface area contributed by atoms with Crippen molar-refractivity contribution in [3.05, 3.63) is 17.0 Å². The molecule has 1 fully saturated rings. The number of aromatic nitrogens is 2. The van der Waals surface area contributed by atoms with E-state index in [1.807, 2.05) is 11.8 Å². The van der Waals surface area contributed by atoms with E-state index < -0.39 is 0 Å². The molecule has 0 saturated heterocycles. The van der Waals surface area contributed by atoms with E-state index in [4.69, 9.17) is 16.3 Å². The predicted molar refractivity (Wildman–Crippen MR) is 80.9 cm³/mol.